The molecule has 0 bridgehead atoms. The van der Waals surface area contributed by atoms with Crippen LogP contribution in [0, 0.1) is 0 Å². The van der Waals surface area contributed by atoms with Gasteiger partial charge in [0.05, 0.1) is 12.2 Å². The number of hydrogen-bond donors (Lipinski definition) is 1. The molecule has 2 aromatic rings. The van der Waals surface area contributed by atoms with Gasteiger partial charge in [0, 0.05) is 18.7 Å². The molecule has 0 spiro atoms. The van der Waals surface area contributed by atoms with Crippen molar-refractivity contribution in [1.82, 2.24) is 20.3 Å². The summed E-state index contributed by atoms with van der Waals surface area (Å²) < 4.78 is 1.77. The number of nitrogens with one attached hydrogen (secondary N) is 1. The minimum Gasteiger partial charge on any atom is -0.312 e. The Balaban J connectivity index is 1.80. The van der Waals surface area contributed by atoms with E-state index in [1.807, 2.05) is 24.3 Å². The smallest absolute Gasteiger partial charge is 0.214 e. The van der Waals surface area contributed by atoms with Crippen LogP contribution in [0.25, 0.3) is 0 Å². The molecule has 0 unspecified atom stereocenters. The Hall–Kier alpha value is -2.01. The number of hydrogen-bond acceptors (Lipinski definition) is 4. The second-order valence-corrected chi connectivity index (χ2v) is 4.78. The number of carbonyl (C=O) groups is 1. The number of ketones is 1. The Morgan fingerprint density at radius 3 is 2.68 bits per heavy atom. The molecule has 1 fully saturated rings. The van der Waals surface area contributed by atoms with Crippen LogP contribution in [0.5, 0.6) is 0 Å². The van der Waals surface area contributed by atoms with E-state index in [1.165, 1.54) is 5.56 Å². The standard InChI is InChI=1S/C14H16N4O/c1-2-10-3-5-11(6-4-10)14(19)13-9-18(17-16-13)12-7-15-8-12/h3-6,9,12,15H,2,7-8H2,1H3. The van der Waals surface area contributed by atoms with Gasteiger partial charge in [-0.3, -0.25) is 4.79 Å². The number of carbonyl (C=O) groups excluding carboxylic acids is 1. The van der Waals surface area contributed by atoms with Crippen molar-refractivity contribution in [1.29, 1.82) is 0 Å². The zero-order chi connectivity index (χ0) is 13.2. The van der Waals surface area contributed by atoms with Gasteiger partial charge in [0.25, 0.3) is 0 Å². The first-order chi connectivity index (χ1) is 9.28. The number of aryl methyl sites for hydroxylation is 1. The Bertz CT molecular complexity index is 584. The summed E-state index contributed by atoms with van der Waals surface area (Å²) >= 11 is 0. The SMILES string of the molecule is CCc1ccc(C(=O)c2cn(C3CNC3)nn2)cc1. The maximum Gasteiger partial charge on any atom is 0.214 e. The third kappa shape index (κ3) is 2.29. The summed E-state index contributed by atoms with van der Waals surface area (Å²) in [6.07, 6.45) is 2.71. The first-order valence-electron chi connectivity index (χ1n) is 6.54. The fourth-order valence-corrected chi connectivity index (χ4v) is 2.06. The quantitative estimate of drug-likeness (QED) is 0.835. The highest BCUT2D eigenvalue weighted by atomic mass is 16.1. The van der Waals surface area contributed by atoms with Crippen molar-refractivity contribution in [2.75, 3.05) is 13.1 Å². The van der Waals surface area contributed by atoms with Crippen LogP contribution in [0.4, 0.5) is 0 Å². The van der Waals surface area contributed by atoms with E-state index >= 15 is 0 Å². The van der Waals surface area contributed by atoms with Crippen LogP contribution in [0.1, 0.15) is 34.6 Å². The lowest BCUT2D eigenvalue weighted by Crippen LogP contribution is -2.43. The summed E-state index contributed by atoms with van der Waals surface area (Å²) in [5.41, 5.74) is 2.30. The molecular formula is C14H16N4O. The fraction of sp³-hybridized carbons (Fsp3) is 0.357. The molecule has 2 heterocycles. The van der Waals surface area contributed by atoms with E-state index in [-0.39, 0.29) is 5.78 Å². The van der Waals surface area contributed by atoms with Crippen molar-refractivity contribution in [3.05, 3.63) is 47.3 Å². The minimum absolute atomic E-state index is 0.0683. The van der Waals surface area contributed by atoms with Crippen molar-refractivity contribution < 1.29 is 4.79 Å². The molecule has 1 saturated heterocycles. The van der Waals surface area contributed by atoms with Crippen molar-refractivity contribution in [3.63, 3.8) is 0 Å². The maximum absolute atomic E-state index is 12.3. The topological polar surface area (TPSA) is 59.8 Å². The third-order valence-corrected chi connectivity index (χ3v) is 3.50. The average Bonchev–Trinajstić information content (AvgIpc) is 2.85. The van der Waals surface area contributed by atoms with Crippen LogP contribution in [0.15, 0.2) is 30.5 Å². The molecule has 1 N–H and O–H groups in total. The molecule has 3 rings (SSSR count). The molecule has 0 atom stereocenters. The zero-order valence-corrected chi connectivity index (χ0v) is 10.8. The molecule has 1 aliphatic rings. The highest BCUT2D eigenvalue weighted by Gasteiger charge is 2.22. The van der Waals surface area contributed by atoms with Crippen LogP contribution in [0.2, 0.25) is 0 Å². The molecule has 19 heavy (non-hydrogen) atoms. The summed E-state index contributed by atoms with van der Waals surface area (Å²) in [5, 5.41) is 11.2. The molecule has 0 saturated carbocycles. The Morgan fingerprint density at radius 2 is 2.11 bits per heavy atom. The van der Waals surface area contributed by atoms with Crippen LogP contribution in [-0.4, -0.2) is 33.9 Å². The van der Waals surface area contributed by atoms with Gasteiger partial charge in [0.2, 0.25) is 5.78 Å². The molecule has 0 aliphatic carbocycles. The van der Waals surface area contributed by atoms with E-state index < -0.39 is 0 Å². The van der Waals surface area contributed by atoms with E-state index in [2.05, 4.69) is 22.6 Å². The zero-order valence-electron chi connectivity index (χ0n) is 10.8. The van der Waals surface area contributed by atoms with E-state index in [9.17, 15) is 4.79 Å². The van der Waals surface area contributed by atoms with Crippen molar-refractivity contribution in [3.8, 4) is 0 Å². The van der Waals surface area contributed by atoms with Gasteiger partial charge in [0.15, 0.2) is 5.69 Å². The highest BCUT2D eigenvalue weighted by Crippen LogP contribution is 2.13. The Labute approximate surface area is 111 Å². The predicted molar refractivity (Wildman–Crippen MR) is 71.2 cm³/mol. The Kier molecular flexibility index (Phi) is 3.13. The molecule has 98 valence electrons. The lowest BCUT2D eigenvalue weighted by Gasteiger charge is -2.26. The van der Waals surface area contributed by atoms with Crippen LogP contribution >= 0.6 is 0 Å². The minimum atomic E-state index is -0.0683. The summed E-state index contributed by atoms with van der Waals surface area (Å²) in [4.78, 5) is 12.3. The van der Waals surface area contributed by atoms with Crippen LogP contribution < -0.4 is 5.32 Å². The molecule has 1 aliphatic heterocycles. The van der Waals surface area contributed by atoms with Gasteiger partial charge in [-0.1, -0.05) is 36.4 Å². The van der Waals surface area contributed by atoms with Gasteiger partial charge in [-0.2, -0.15) is 0 Å². The summed E-state index contributed by atoms with van der Waals surface area (Å²) in [7, 11) is 0. The largest absolute Gasteiger partial charge is 0.312 e. The average molecular weight is 256 g/mol. The van der Waals surface area contributed by atoms with Gasteiger partial charge >= 0.3 is 0 Å². The van der Waals surface area contributed by atoms with Crippen LogP contribution in [-0.2, 0) is 6.42 Å². The van der Waals surface area contributed by atoms with E-state index in [4.69, 9.17) is 0 Å². The monoisotopic (exact) mass is 256 g/mol. The molecule has 1 aromatic heterocycles. The molecule has 5 nitrogen and oxygen atoms in total. The second-order valence-electron chi connectivity index (χ2n) is 4.78. The molecule has 0 amide bonds. The normalized spacial score (nSPS) is 15.2. The van der Waals surface area contributed by atoms with Crippen molar-refractivity contribution in [2.45, 2.75) is 19.4 Å². The van der Waals surface area contributed by atoms with Gasteiger partial charge in [0.1, 0.15) is 0 Å². The first kappa shape index (κ1) is 12.0. The van der Waals surface area contributed by atoms with Crippen LogP contribution in [0.3, 0.4) is 0 Å². The van der Waals surface area contributed by atoms with Gasteiger partial charge in [-0.25, -0.2) is 4.68 Å². The second kappa shape index (κ2) is 4.93. The molecule has 5 heteroatoms. The molecular weight excluding hydrogens is 240 g/mol. The summed E-state index contributed by atoms with van der Waals surface area (Å²) in [6.45, 7) is 3.87. The molecule has 1 aromatic carbocycles. The van der Waals surface area contributed by atoms with E-state index in [1.54, 1.807) is 10.9 Å². The first-order valence-corrected chi connectivity index (χ1v) is 6.54. The van der Waals surface area contributed by atoms with Gasteiger partial charge < -0.3 is 5.32 Å². The summed E-state index contributed by atoms with van der Waals surface area (Å²) in [5.74, 6) is -0.0683. The van der Waals surface area contributed by atoms with E-state index in [0.717, 1.165) is 19.5 Å². The van der Waals surface area contributed by atoms with Crippen molar-refractivity contribution >= 4 is 5.78 Å². The van der Waals surface area contributed by atoms with Gasteiger partial charge in [-0.05, 0) is 12.0 Å². The third-order valence-electron chi connectivity index (χ3n) is 3.50. The summed E-state index contributed by atoms with van der Waals surface area (Å²) in [6, 6.07) is 7.99. The van der Waals surface area contributed by atoms with E-state index in [0.29, 0.717) is 17.3 Å². The number of nitrogens with zero attached hydrogens (tertiary/aromatic N) is 3. The van der Waals surface area contributed by atoms with Gasteiger partial charge in [-0.15, -0.1) is 5.10 Å². The highest BCUT2D eigenvalue weighted by molar-refractivity contribution is 6.07. The number of aromatic nitrogens is 3. The van der Waals surface area contributed by atoms with Crippen molar-refractivity contribution in [2.24, 2.45) is 0 Å². The maximum atomic E-state index is 12.3. The number of rotatable bonds is 4. The Morgan fingerprint density at radius 1 is 1.37 bits per heavy atom. The fourth-order valence-electron chi connectivity index (χ4n) is 2.06. The molecule has 0 radical (unpaired) electrons. The predicted octanol–water partition coefficient (Wildman–Crippen LogP) is 1.22. The lowest BCUT2D eigenvalue weighted by atomic mass is 10.1. The lowest BCUT2D eigenvalue weighted by molar-refractivity contribution is 0.103. The number of benzene rings is 1.